The first-order chi connectivity index (χ1) is 32.6. The molecule has 0 aliphatic heterocycles. The highest BCUT2D eigenvalue weighted by molar-refractivity contribution is 5.70. The standard InChI is InChI=1S/C61H96O5/c1-4-7-10-13-16-19-22-25-27-29-31-32-34-37-39-42-45-48-51-54-60(62)65-58-59(66-61(63)55-52-49-46-43-40-36-24-21-18-15-12-9-6-3)57-64-56-53-50-47-44-41-38-35-33-30-28-26-23-20-17-14-11-8-5-2/h7-8,10-12,15-17,19-21,24-28,31-33,35,37,39,41,44,59H,4-6,9,13-14,18,22-23,29-30,34,36,38,40,42-43,45-58H2,1-3H3/b10-7-,11-8-,15-12-,19-16-,20-17-,24-21-,27-25-,28-26-,32-31-,35-33-,39-37-,44-41-. The van der Waals surface area contributed by atoms with Crippen LogP contribution in [-0.4, -0.2) is 37.9 Å². The maximum atomic E-state index is 12.8. The first-order valence-corrected chi connectivity index (χ1v) is 26.4. The van der Waals surface area contributed by atoms with Crippen LogP contribution in [0.3, 0.4) is 0 Å². The lowest BCUT2D eigenvalue weighted by atomic mass is 10.1. The van der Waals surface area contributed by atoms with Crippen LogP contribution >= 0.6 is 0 Å². The quantitative estimate of drug-likeness (QED) is 0.0346. The number of rotatable bonds is 46. The van der Waals surface area contributed by atoms with Gasteiger partial charge in [0.15, 0.2) is 6.10 Å². The Morgan fingerprint density at radius 2 is 0.682 bits per heavy atom. The molecule has 0 saturated carbocycles. The molecule has 0 heterocycles. The van der Waals surface area contributed by atoms with Crippen molar-refractivity contribution in [3.63, 3.8) is 0 Å². The van der Waals surface area contributed by atoms with Crippen molar-refractivity contribution in [1.29, 1.82) is 0 Å². The largest absolute Gasteiger partial charge is 0.462 e. The minimum atomic E-state index is -0.591. The number of carbonyl (C=O) groups is 2. The molecule has 0 aromatic carbocycles. The monoisotopic (exact) mass is 909 g/mol. The summed E-state index contributed by atoms with van der Waals surface area (Å²) in [7, 11) is 0. The molecule has 0 aromatic heterocycles. The fourth-order valence-corrected chi connectivity index (χ4v) is 6.48. The number of ether oxygens (including phenoxy) is 3. The summed E-state index contributed by atoms with van der Waals surface area (Å²) >= 11 is 0. The summed E-state index contributed by atoms with van der Waals surface area (Å²) in [5.74, 6) is -0.488. The molecule has 0 amide bonds. The van der Waals surface area contributed by atoms with Crippen molar-refractivity contribution in [3.8, 4) is 0 Å². The normalized spacial score (nSPS) is 13.4. The van der Waals surface area contributed by atoms with Crippen molar-refractivity contribution in [2.45, 2.75) is 207 Å². The average Bonchev–Trinajstić information content (AvgIpc) is 3.32. The Morgan fingerprint density at radius 3 is 1.11 bits per heavy atom. The molecule has 0 rings (SSSR count). The molecule has 0 aliphatic rings. The highest BCUT2D eigenvalue weighted by atomic mass is 16.6. The molecule has 0 spiro atoms. The van der Waals surface area contributed by atoms with Crippen LogP contribution in [-0.2, 0) is 23.8 Å². The zero-order valence-corrected chi connectivity index (χ0v) is 42.4. The van der Waals surface area contributed by atoms with E-state index in [4.69, 9.17) is 14.2 Å². The molecule has 5 nitrogen and oxygen atoms in total. The highest BCUT2D eigenvalue weighted by Gasteiger charge is 2.17. The Balaban J connectivity index is 4.46. The van der Waals surface area contributed by atoms with Gasteiger partial charge in [-0.25, -0.2) is 0 Å². The van der Waals surface area contributed by atoms with Gasteiger partial charge in [-0.15, -0.1) is 0 Å². The van der Waals surface area contributed by atoms with E-state index in [2.05, 4.69) is 167 Å². The summed E-state index contributed by atoms with van der Waals surface area (Å²) in [6, 6.07) is 0. The van der Waals surface area contributed by atoms with Crippen LogP contribution < -0.4 is 0 Å². The van der Waals surface area contributed by atoms with E-state index in [-0.39, 0.29) is 25.2 Å². The molecule has 370 valence electrons. The van der Waals surface area contributed by atoms with Crippen molar-refractivity contribution in [3.05, 3.63) is 146 Å². The number of hydrogen-bond acceptors (Lipinski definition) is 5. The van der Waals surface area contributed by atoms with Gasteiger partial charge in [0.25, 0.3) is 0 Å². The molecule has 0 aliphatic carbocycles. The van der Waals surface area contributed by atoms with Gasteiger partial charge in [0.1, 0.15) is 6.61 Å². The van der Waals surface area contributed by atoms with Gasteiger partial charge in [-0.05, 0) is 135 Å². The highest BCUT2D eigenvalue weighted by Crippen LogP contribution is 2.11. The summed E-state index contributed by atoms with van der Waals surface area (Å²) in [6.07, 6.45) is 80.0. The van der Waals surface area contributed by atoms with E-state index in [0.29, 0.717) is 19.4 Å². The minimum Gasteiger partial charge on any atom is -0.462 e. The third-order valence-corrected chi connectivity index (χ3v) is 10.3. The number of allylic oxidation sites excluding steroid dienone is 24. The lowest BCUT2D eigenvalue weighted by molar-refractivity contribution is -0.163. The second-order valence-electron chi connectivity index (χ2n) is 16.7. The summed E-state index contributed by atoms with van der Waals surface area (Å²) < 4.78 is 17.3. The second kappa shape index (κ2) is 55.1. The van der Waals surface area contributed by atoms with Gasteiger partial charge >= 0.3 is 11.9 Å². The summed E-state index contributed by atoms with van der Waals surface area (Å²) in [6.45, 7) is 7.36. The number of hydrogen-bond donors (Lipinski definition) is 0. The number of carbonyl (C=O) groups excluding carboxylic acids is 2. The van der Waals surface area contributed by atoms with E-state index >= 15 is 0 Å². The first kappa shape index (κ1) is 61.8. The number of unbranched alkanes of at least 4 members (excludes halogenated alkanes) is 11. The lowest BCUT2D eigenvalue weighted by Crippen LogP contribution is -2.30. The SMILES string of the molecule is CC/C=C\C/C=C\C/C=C\C/C=C\C/C=C\CCCCCC(=O)OCC(COCCCC/C=C\C/C=C\C/C=C\C/C=C\C/C=C\CC)OC(=O)CCCCCCC/C=C\C/C=C\CCC. The van der Waals surface area contributed by atoms with Crippen molar-refractivity contribution in [2.75, 3.05) is 19.8 Å². The Hall–Kier alpha value is -4.22. The van der Waals surface area contributed by atoms with Gasteiger partial charge in [-0.3, -0.25) is 9.59 Å². The Morgan fingerprint density at radius 1 is 0.348 bits per heavy atom. The van der Waals surface area contributed by atoms with Gasteiger partial charge in [-0.1, -0.05) is 199 Å². The van der Waals surface area contributed by atoms with Crippen LogP contribution in [0, 0.1) is 0 Å². The van der Waals surface area contributed by atoms with E-state index in [0.717, 1.165) is 148 Å². The zero-order valence-electron chi connectivity index (χ0n) is 42.4. The molecule has 66 heavy (non-hydrogen) atoms. The predicted molar refractivity (Wildman–Crippen MR) is 288 cm³/mol. The molecule has 1 unspecified atom stereocenters. The Labute approximate surface area is 406 Å². The van der Waals surface area contributed by atoms with Crippen LogP contribution in [0.15, 0.2) is 146 Å². The molecule has 0 radical (unpaired) electrons. The fraction of sp³-hybridized carbons (Fsp3) is 0.574. The van der Waals surface area contributed by atoms with Crippen molar-refractivity contribution in [1.82, 2.24) is 0 Å². The van der Waals surface area contributed by atoms with E-state index in [1.807, 2.05) is 0 Å². The van der Waals surface area contributed by atoms with E-state index in [1.54, 1.807) is 0 Å². The first-order valence-electron chi connectivity index (χ1n) is 26.4. The molecular formula is C61H96O5. The van der Waals surface area contributed by atoms with Gasteiger partial charge < -0.3 is 14.2 Å². The maximum absolute atomic E-state index is 12.8. The number of esters is 2. The van der Waals surface area contributed by atoms with Gasteiger partial charge in [-0.2, -0.15) is 0 Å². The Bertz CT molecular complexity index is 1450. The molecule has 1 atom stereocenters. The van der Waals surface area contributed by atoms with Crippen molar-refractivity contribution >= 4 is 11.9 Å². The average molecular weight is 909 g/mol. The zero-order chi connectivity index (χ0) is 47.7. The van der Waals surface area contributed by atoms with Gasteiger partial charge in [0, 0.05) is 19.4 Å². The molecule has 0 fully saturated rings. The minimum absolute atomic E-state index is 0.0343. The van der Waals surface area contributed by atoms with E-state index in [1.165, 1.54) is 19.3 Å². The van der Waals surface area contributed by atoms with Gasteiger partial charge in [0.2, 0.25) is 0 Å². The van der Waals surface area contributed by atoms with E-state index < -0.39 is 6.10 Å². The topological polar surface area (TPSA) is 61.8 Å². The van der Waals surface area contributed by atoms with E-state index in [9.17, 15) is 9.59 Å². The molecule has 0 saturated heterocycles. The molecule has 0 N–H and O–H groups in total. The van der Waals surface area contributed by atoms with Crippen molar-refractivity contribution < 1.29 is 23.8 Å². The molecular weight excluding hydrogens is 813 g/mol. The second-order valence-corrected chi connectivity index (χ2v) is 16.7. The third-order valence-electron chi connectivity index (χ3n) is 10.3. The van der Waals surface area contributed by atoms with Crippen molar-refractivity contribution in [2.24, 2.45) is 0 Å². The summed E-state index contributed by atoms with van der Waals surface area (Å²) in [5.41, 5.74) is 0. The van der Waals surface area contributed by atoms with Gasteiger partial charge in [0.05, 0.1) is 6.61 Å². The van der Waals surface area contributed by atoms with Crippen LogP contribution in [0.5, 0.6) is 0 Å². The van der Waals surface area contributed by atoms with Crippen LogP contribution in [0.25, 0.3) is 0 Å². The fourth-order valence-electron chi connectivity index (χ4n) is 6.48. The van der Waals surface area contributed by atoms with Crippen LogP contribution in [0.4, 0.5) is 0 Å². The third kappa shape index (κ3) is 52.4. The molecule has 5 heteroatoms. The molecule has 0 bridgehead atoms. The predicted octanol–water partition coefficient (Wildman–Crippen LogP) is 18.1. The smallest absolute Gasteiger partial charge is 0.306 e. The lowest BCUT2D eigenvalue weighted by Gasteiger charge is -2.18. The van der Waals surface area contributed by atoms with Crippen LogP contribution in [0.1, 0.15) is 201 Å². The van der Waals surface area contributed by atoms with Crippen LogP contribution in [0.2, 0.25) is 0 Å². The summed E-state index contributed by atoms with van der Waals surface area (Å²) in [4.78, 5) is 25.4. The summed E-state index contributed by atoms with van der Waals surface area (Å²) in [5, 5.41) is 0. The Kier molecular flexibility index (Phi) is 51.6. The maximum Gasteiger partial charge on any atom is 0.306 e. The molecule has 0 aromatic rings.